The Balaban J connectivity index is 0.00000205. The number of aromatic nitrogens is 1. The predicted molar refractivity (Wildman–Crippen MR) is 160 cm³/mol. The molecule has 3 heterocycles. The first-order valence-electron chi connectivity index (χ1n) is 14.1. The molecule has 0 atom stereocenters. The van der Waals surface area contributed by atoms with E-state index in [1.807, 2.05) is 25.7 Å². The Hall–Kier alpha value is -3.61. The molecule has 7 heteroatoms. The Bertz CT molecular complexity index is 1300. The van der Waals surface area contributed by atoms with Crippen molar-refractivity contribution in [3.63, 3.8) is 0 Å². The van der Waals surface area contributed by atoms with Crippen molar-refractivity contribution < 1.29 is 14.4 Å². The maximum Gasteiger partial charge on any atom is 0.325 e. The van der Waals surface area contributed by atoms with Gasteiger partial charge in [0.25, 0.3) is 0 Å². The van der Waals surface area contributed by atoms with Crippen molar-refractivity contribution in [3.05, 3.63) is 64.9 Å². The lowest BCUT2D eigenvalue weighted by Crippen LogP contribution is -2.44. The van der Waals surface area contributed by atoms with E-state index in [4.69, 9.17) is 0 Å². The Morgan fingerprint density at radius 2 is 1.77 bits per heavy atom. The molecule has 2 aliphatic heterocycles. The summed E-state index contributed by atoms with van der Waals surface area (Å²) >= 11 is 0. The van der Waals surface area contributed by atoms with Crippen LogP contribution in [0.25, 0.3) is 16.5 Å². The number of likely N-dealkylation sites (tertiary alicyclic amines) is 1. The summed E-state index contributed by atoms with van der Waals surface area (Å²) in [5.74, 6) is 0.245. The quantitative estimate of drug-likeness (QED) is 0.315. The standard InChI is InChI=1S/C30H38N4O3.C2H6/c1-18(2)13-23(14-19(3)4)29-28(20(5)6)24-15-22(7-8-25(24)31-29)21-9-11-33(12-10-21)27(36)17-34-16-26(35)32-30(34)37;1-2/h7-8,13-15,20-21,31H,1,9-12,16-17H2,2-6H3,(H,32,35,37);1-2H3/b23-13+;. The van der Waals surface area contributed by atoms with Crippen LogP contribution in [0.1, 0.15) is 90.0 Å². The van der Waals surface area contributed by atoms with Crippen molar-refractivity contribution in [2.45, 2.75) is 73.1 Å². The normalized spacial score (nSPS) is 16.4. The second-order valence-electron chi connectivity index (χ2n) is 10.9. The molecule has 4 amide bonds. The minimum absolute atomic E-state index is 0.0468. The van der Waals surface area contributed by atoms with Crippen LogP contribution < -0.4 is 5.32 Å². The molecule has 0 spiro atoms. The number of imide groups is 1. The number of hydrogen-bond donors (Lipinski definition) is 2. The molecular weight excluding hydrogens is 488 g/mol. The van der Waals surface area contributed by atoms with E-state index >= 15 is 0 Å². The van der Waals surface area contributed by atoms with Crippen molar-refractivity contribution in [1.82, 2.24) is 20.1 Å². The Morgan fingerprint density at radius 3 is 2.31 bits per heavy atom. The third kappa shape index (κ3) is 7.08. The number of carbonyl (C=O) groups excluding carboxylic acids is 3. The number of benzene rings is 1. The summed E-state index contributed by atoms with van der Waals surface area (Å²) in [6, 6.07) is 6.23. The minimum atomic E-state index is -0.487. The number of hydrogen-bond acceptors (Lipinski definition) is 3. The average Bonchev–Trinajstić information content (AvgIpc) is 3.42. The molecule has 7 nitrogen and oxygen atoms in total. The molecule has 2 saturated heterocycles. The maximum atomic E-state index is 12.7. The van der Waals surface area contributed by atoms with E-state index in [9.17, 15) is 14.4 Å². The van der Waals surface area contributed by atoms with Crippen LogP contribution in [0.2, 0.25) is 0 Å². The molecule has 39 heavy (non-hydrogen) atoms. The number of carbonyl (C=O) groups is 3. The van der Waals surface area contributed by atoms with Gasteiger partial charge in [-0.1, -0.05) is 63.6 Å². The zero-order chi connectivity index (χ0) is 28.9. The van der Waals surface area contributed by atoms with Crippen molar-refractivity contribution >= 4 is 34.3 Å². The molecule has 210 valence electrons. The third-order valence-electron chi connectivity index (χ3n) is 7.09. The summed E-state index contributed by atoms with van der Waals surface area (Å²) in [5, 5.41) is 3.47. The number of aromatic amines is 1. The van der Waals surface area contributed by atoms with Crippen molar-refractivity contribution in [2.24, 2.45) is 0 Å². The highest BCUT2D eigenvalue weighted by Crippen LogP contribution is 2.37. The zero-order valence-corrected chi connectivity index (χ0v) is 24.6. The molecule has 1 aromatic heterocycles. The SMILES string of the molecule is C=C(C)/C=C(\C=C(C)C)c1[nH]c2ccc(C3CCN(C(=O)CN4CC(=O)NC4=O)CC3)cc2c1C(C)C.CC. The highest BCUT2D eigenvalue weighted by molar-refractivity contribution is 6.03. The molecule has 0 aliphatic carbocycles. The van der Waals surface area contributed by atoms with Gasteiger partial charge in [-0.15, -0.1) is 0 Å². The van der Waals surface area contributed by atoms with Gasteiger partial charge in [0.05, 0.1) is 0 Å². The van der Waals surface area contributed by atoms with Gasteiger partial charge in [0.15, 0.2) is 0 Å². The number of piperidine rings is 1. The summed E-state index contributed by atoms with van der Waals surface area (Å²) in [7, 11) is 0. The van der Waals surface area contributed by atoms with E-state index in [-0.39, 0.29) is 24.9 Å². The first-order chi connectivity index (χ1) is 18.5. The lowest BCUT2D eigenvalue weighted by Gasteiger charge is -2.33. The van der Waals surface area contributed by atoms with Crippen LogP contribution in [0.5, 0.6) is 0 Å². The summed E-state index contributed by atoms with van der Waals surface area (Å²) in [6.45, 7) is 20.0. The lowest BCUT2D eigenvalue weighted by molar-refractivity contribution is -0.132. The highest BCUT2D eigenvalue weighted by atomic mass is 16.2. The van der Waals surface area contributed by atoms with Gasteiger partial charge < -0.3 is 14.8 Å². The van der Waals surface area contributed by atoms with E-state index in [1.54, 1.807) is 0 Å². The molecule has 0 unspecified atom stereocenters. The van der Waals surface area contributed by atoms with Gasteiger partial charge in [-0.2, -0.15) is 0 Å². The number of nitrogens with one attached hydrogen (secondary N) is 2. The van der Waals surface area contributed by atoms with Crippen LogP contribution >= 0.6 is 0 Å². The number of amides is 4. The van der Waals surface area contributed by atoms with E-state index in [0.29, 0.717) is 24.9 Å². The summed E-state index contributed by atoms with van der Waals surface area (Å²) in [4.78, 5) is 42.7. The first-order valence-corrected chi connectivity index (χ1v) is 14.1. The fraction of sp³-hybridized carbons (Fsp3) is 0.469. The topological polar surface area (TPSA) is 85.5 Å². The molecule has 4 rings (SSSR count). The second kappa shape index (κ2) is 13.0. The van der Waals surface area contributed by atoms with Crippen LogP contribution in [0, 0.1) is 0 Å². The molecule has 0 bridgehead atoms. The summed E-state index contributed by atoms with van der Waals surface area (Å²) in [6.07, 6.45) is 6.09. The van der Waals surface area contributed by atoms with Crippen molar-refractivity contribution in [3.8, 4) is 0 Å². The lowest BCUT2D eigenvalue weighted by atomic mass is 9.87. The summed E-state index contributed by atoms with van der Waals surface area (Å²) < 4.78 is 0. The molecule has 2 fully saturated rings. The smallest absolute Gasteiger partial charge is 0.325 e. The van der Waals surface area contributed by atoms with Crippen LogP contribution in [-0.2, 0) is 9.59 Å². The van der Waals surface area contributed by atoms with Crippen molar-refractivity contribution in [1.29, 1.82) is 0 Å². The van der Waals surface area contributed by atoms with Gasteiger partial charge in [0.2, 0.25) is 11.8 Å². The predicted octanol–water partition coefficient (Wildman–Crippen LogP) is 6.50. The van der Waals surface area contributed by atoms with Crippen LogP contribution in [0.15, 0.2) is 48.1 Å². The van der Waals surface area contributed by atoms with Gasteiger partial charge in [-0.05, 0) is 74.3 Å². The van der Waals surface area contributed by atoms with E-state index < -0.39 is 6.03 Å². The number of rotatable bonds is 7. The molecule has 0 saturated carbocycles. The number of fused-ring (bicyclic) bond motifs is 1. The van der Waals surface area contributed by atoms with Gasteiger partial charge in [0.1, 0.15) is 13.1 Å². The third-order valence-corrected chi connectivity index (χ3v) is 7.09. The monoisotopic (exact) mass is 532 g/mol. The molecule has 1 aromatic carbocycles. The molecule has 2 N–H and O–H groups in total. The average molecular weight is 533 g/mol. The highest BCUT2D eigenvalue weighted by Gasteiger charge is 2.31. The number of allylic oxidation sites excluding steroid dienone is 5. The van der Waals surface area contributed by atoms with Crippen LogP contribution in [-0.4, -0.2) is 58.8 Å². The summed E-state index contributed by atoms with van der Waals surface area (Å²) in [5.41, 5.74) is 8.28. The van der Waals surface area contributed by atoms with E-state index in [0.717, 1.165) is 35.2 Å². The van der Waals surface area contributed by atoms with Gasteiger partial charge in [0, 0.05) is 29.7 Å². The van der Waals surface area contributed by atoms with Crippen molar-refractivity contribution in [2.75, 3.05) is 26.2 Å². The number of urea groups is 1. The zero-order valence-electron chi connectivity index (χ0n) is 24.6. The number of nitrogens with zero attached hydrogens (tertiary/aromatic N) is 2. The van der Waals surface area contributed by atoms with E-state index in [1.165, 1.54) is 27.0 Å². The Labute approximate surface area is 233 Å². The first kappa shape index (κ1) is 29.9. The van der Waals surface area contributed by atoms with Gasteiger partial charge >= 0.3 is 6.03 Å². The fourth-order valence-electron chi connectivity index (χ4n) is 5.41. The Morgan fingerprint density at radius 1 is 1.10 bits per heavy atom. The molecule has 2 aliphatic rings. The second-order valence-corrected chi connectivity index (χ2v) is 10.9. The van der Waals surface area contributed by atoms with Crippen LogP contribution in [0.4, 0.5) is 4.79 Å². The van der Waals surface area contributed by atoms with E-state index in [2.05, 4.69) is 74.9 Å². The molecular formula is C32H44N4O3. The minimum Gasteiger partial charge on any atom is -0.354 e. The van der Waals surface area contributed by atoms with Gasteiger partial charge in [-0.25, -0.2) is 4.79 Å². The maximum absolute atomic E-state index is 12.7. The fourth-order valence-corrected chi connectivity index (χ4v) is 5.41. The molecule has 2 aromatic rings. The van der Waals surface area contributed by atoms with Crippen LogP contribution in [0.3, 0.4) is 0 Å². The molecule has 0 radical (unpaired) electrons. The number of H-pyrrole nitrogens is 1. The largest absolute Gasteiger partial charge is 0.354 e. The Kier molecular flexibility index (Phi) is 9.95. The van der Waals surface area contributed by atoms with Gasteiger partial charge in [-0.3, -0.25) is 14.9 Å².